The van der Waals surface area contributed by atoms with E-state index in [-0.39, 0.29) is 18.2 Å². The predicted octanol–water partition coefficient (Wildman–Crippen LogP) is 6.27. The largest absolute Gasteiger partial charge is 0.462 e. The van der Waals surface area contributed by atoms with Gasteiger partial charge < -0.3 is 15.0 Å². The van der Waals surface area contributed by atoms with E-state index in [1.807, 2.05) is 56.3 Å². The number of fused-ring (bicyclic) bond motifs is 1. The van der Waals surface area contributed by atoms with Gasteiger partial charge in [0.1, 0.15) is 5.82 Å². The molecule has 202 valence electrons. The summed E-state index contributed by atoms with van der Waals surface area (Å²) in [6.07, 6.45) is 1.67. The molecule has 0 saturated heterocycles. The maximum absolute atomic E-state index is 13.7. The van der Waals surface area contributed by atoms with Crippen LogP contribution in [-0.4, -0.2) is 39.6 Å². The highest BCUT2D eigenvalue weighted by Gasteiger charge is 2.27. The molecule has 0 bridgehead atoms. The molecule has 1 aromatic heterocycles. The number of para-hydroxylation sites is 1. The van der Waals surface area contributed by atoms with Crippen molar-refractivity contribution in [2.75, 3.05) is 18.5 Å². The second-order valence-electron chi connectivity index (χ2n) is 9.41. The standard InChI is InChI=1S/C31H34N4O4/c1-5-7-20-34(31(38)32-24-16-14-23(15-17-24)30(37)39-6-2)22(4)28-33-27-11-9-8-10-26(27)29(36)35(28)25-18-12-21(3)13-19-25/h8-19,22H,5-7,20H2,1-4H3,(H,32,38). The number of nitrogens with zero attached hydrogens (tertiary/aromatic N) is 3. The van der Waals surface area contributed by atoms with Gasteiger partial charge in [-0.1, -0.05) is 43.2 Å². The summed E-state index contributed by atoms with van der Waals surface area (Å²) in [6.45, 7) is 8.46. The Labute approximate surface area is 228 Å². The zero-order valence-corrected chi connectivity index (χ0v) is 22.8. The third kappa shape index (κ3) is 6.17. The van der Waals surface area contributed by atoms with Crippen molar-refractivity contribution >= 4 is 28.6 Å². The Hall–Kier alpha value is -4.46. The van der Waals surface area contributed by atoms with Gasteiger partial charge in [-0.25, -0.2) is 14.6 Å². The lowest BCUT2D eigenvalue weighted by Crippen LogP contribution is -2.40. The molecule has 0 aliphatic rings. The Kier molecular flexibility index (Phi) is 8.76. The van der Waals surface area contributed by atoms with Crippen molar-refractivity contribution in [3.05, 3.63) is 100 Å². The van der Waals surface area contributed by atoms with E-state index in [0.29, 0.717) is 40.2 Å². The third-order valence-corrected chi connectivity index (χ3v) is 6.60. The number of benzene rings is 3. The molecule has 0 aliphatic carbocycles. The normalized spacial score (nSPS) is 11.7. The molecule has 3 aromatic carbocycles. The summed E-state index contributed by atoms with van der Waals surface area (Å²) in [4.78, 5) is 45.9. The SMILES string of the molecule is CCCCN(C(=O)Nc1ccc(C(=O)OCC)cc1)C(C)c1nc2ccccc2c(=O)n1-c1ccc(C)cc1. The Bertz CT molecular complexity index is 1510. The third-order valence-electron chi connectivity index (χ3n) is 6.60. The number of esters is 1. The van der Waals surface area contributed by atoms with E-state index >= 15 is 0 Å². The van der Waals surface area contributed by atoms with Crippen molar-refractivity contribution in [1.29, 1.82) is 0 Å². The fourth-order valence-electron chi connectivity index (χ4n) is 4.41. The number of amides is 2. The zero-order valence-electron chi connectivity index (χ0n) is 22.8. The van der Waals surface area contributed by atoms with Crippen molar-refractivity contribution < 1.29 is 14.3 Å². The van der Waals surface area contributed by atoms with Gasteiger partial charge in [-0.3, -0.25) is 9.36 Å². The smallest absolute Gasteiger partial charge is 0.338 e. The molecule has 0 radical (unpaired) electrons. The number of hydrogen-bond acceptors (Lipinski definition) is 5. The van der Waals surface area contributed by atoms with Gasteiger partial charge in [0, 0.05) is 12.2 Å². The van der Waals surface area contributed by atoms with Gasteiger partial charge in [0.25, 0.3) is 5.56 Å². The number of nitrogens with one attached hydrogen (secondary N) is 1. The average molecular weight is 527 g/mol. The summed E-state index contributed by atoms with van der Waals surface area (Å²) in [5.41, 5.74) is 3.12. The van der Waals surface area contributed by atoms with Crippen LogP contribution in [0.1, 0.15) is 61.4 Å². The van der Waals surface area contributed by atoms with Crippen LogP contribution in [0.2, 0.25) is 0 Å². The first-order valence-electron chi connectivity index (χ1n) is 13.3. The second-order valence-corrected chi connectivity index (χ2v) is 9.41. The fourth-order valence-corrected chi connectivity index (χ4v) is 4.41. The maximum Gasteiger partial charge on any atom is 0.338 e. The maximum atomic E-state index is 13.7. The summed E-state index contributed by atoms with van der Waals surface area (Å²) in [5.74, 6) is 0.0662. The van der Waals surface area contributed by atoms with Crippen LogP contribution in [0.25, 0.3) is 16.6 Å². The molecule has 2 amide bonds. The molecule has 1 heterocycles. The molecule has 0 aliphatic heterocycles. The number of rotatable bonds is 9. The number of hydrogen-bond donors (Lipinski definition) is 1. The van der Waals surface area contributed by atoms with Crippen LogP contribution in [0, 0.1) is 6.92 Å². The van der Waals surface area contributed by atoms with E-state index in [1.165, 1.54) is 0 Å². The first-order valence-corrected chi connectivity index (χ1v) is 13.3. The lowest BCUT2D eigenvalue weighted by atomic mass is 10.1. The summed E-state index contributed by atoms with van der Waals surface area (Å²) < 4.78 is 6.64. The number of aryl methyl sites for hydroxylation is 1. The predicted molar refractivity (Wildman–Crippen MR) is 154 cm³/mol. The zero-order chi connectivity index (χ0) is 27.9. The molecule has 1 unspecified atom stereocenters. The van der Waals surface area contributed by atoms with Crippen molar-refractivity contribution in [3.8, 4) is 5.69 Å². The van der Waals surface area contributed by atoms with E-state index in [1.54, 1.807) is 46.7 Å². The van der Waals surface area contributed by atoms with Crippen molar-refractivity contribution in [2.24, 2.45) is 0 Å². The topological polar surface area (TPSA) is 93.5 Å². The minimum absolute atomic E-state index is 0.184. The van der Waals surface area contributed by atoms with Crippen LogP contribution >= 0.6 is 0 Å². The lowest BCUT2D eigenvalue weighted by molar-refractivity contribution is 0.0526. The molecular formula is C31H34N4O4. The van der Waals surface area contributed by atoms with E-state index in [4.69, 9.17) is 9.72 Å². The van der Waals surface area contributed by atoms with Crippen LogP contribution in [0.15, 0.2) is 77.6 Å². The quantitative estimate of drug-likeness (QED) is 0.260. The average Bonchev–Trinajstić information content (AvgIpc) is 2.94. The number of carbonyl (C=O) groups is 2. The molecule has 4 aromatic rings. The van der Waals surface area contributed by atoms with Gasteiger partial charge >= 0.3 is 12.0 Å². The second kappa shape index (κ2) is 12.4. The minimum atomic E-state index is -0.519. The van der Waals surface area contributed by atoms with Crippen molar-refractivity contribution in [2.45, 2.75) is 46.6 Å². The molecular weight excluding hydrogens is 492 g/mol. The molecule has 0 saturated carbocycles. The number of anilines is 1. The molecule has 0 fully saturated rings. The van der Waals surface area contributed by atoms with E-state index in [2.05, 4.69) is 12.2 Å². The highest BCUT2D eigenvalue weighted by molar-refractivity contribution is 5.92. The van der Waals surface area contributed by atoms with E-state index in [9.17, 15) is 14.4 Å². The molecule has 39 heavy (non-hydrogen) atoms. The van der Waals surface area contributed by atoms with E-state index < -0.39 is 12.0 Å². The van der Waals surface area contributed by atoms with Crippen LogP contribution in [0.3, 0.4) is 0 Å². The molecule has 4 rings (SSSR count). The summed E-state index contributed by atoms with van der Waals surface area (Å²) in [7, 11) is 0. The molecule has 0 spiro atoms. The van der Waals surface area contributed by atoms with Gasteiger partial charge in [0.05, 0.1) is 34.8 Å². The molecule has 8 heteroatoms. The molecule has 1 atom stereocenters. The lowest BCUT2D eigenvalue weighted by Gasteiger charge is -2.30. The van der Waals surface area contributed by atoms with E-state index in [0.717, 1.165) is 18.4 Å². The number of urea groups is 1. The van der Waals surface area contributed by atoms with Gasteiger partial charge in [-0.2, -0.15) is 0 Å². The summed E-state index contributed by atoms with van der Waals surface area (Å²) >= 11 is 0. The Balaban J connectivity index is 1.72. The van der Waals surface area contributed by atoms with Gasteiger partial charge in [-0.05, 0) is 75.7 Å². The van der Waals surface area contributed by atoms with Crippen LogP contribution in [0.5, 0.6) is 0 Å². The summed E-state index contributed by atoms with van der Waals surface area (Å²) in [6, 6.07) is 20.7. The number of ether oxygens (including phenoxy) is 1. The Morgan fingerprint density at radius 3 is 2.36 bits per heavy atom. The fraction of sp³-hybridized carbons (Fsp3) is 0.290. The molecule has 8 nitrogen and oxygen atoms in total. The van der Waals surface area contributed by atoms with Gasteiger partial charge in [-0.15, -0.1) is 0 Å². The highest BCUT2D eigenvalue weighted by Crippen LogP contribution is 2.25. The highest BCUT2D eigenvalue weighted by atomic mass is 16.5. The molecule has 1 N–H and O–H groups in total. The Morgan fingerprint density at radius 2 is 1.69 bits per heavy atom. The monoisotopic (exact) mass is 526 g/mol. The first kappa shape index (κ1) is 27.6. The van der Waals surface area contributed by atoms with Crippen molar-refractivity contribution in [3.63, 3.8) is 0 Å². The van der Waals surface area contributed by atoms with Crippen LogP contribution in [0.4, 0.5) is 10.5 Å². The van der Waals surface area contributed by atoms with Gasteiger partial charge in [0.2, 0.25) is 0 Å². The number of aromatic nitrogens is 2. The van der Waals surface area contributed by atoms with Gasteiger partial charge in [0.15, 0.2) is 0 Å². The van der Waals surface area contributed by atoms with Crippen LogP contribution < -0.4 is 10.9 Å². The first-order chi connectivity index (χ1) is 18.8. The van der Waals surface area contributed by atoms with Crippen LogP contribution in [-0.2, 0) is 4.74 Å². The van der Waals surface area contributed by atoms with Crippen molar-refractivity contribution in [1.82, 2.24) is 14.5 Å². The minimum Gasteiger partial charge on any atom is -0.462 e. The Morgan fingerprint density at radius 1 is 1.00 bits per heavy atom. The summed E-state index contributed by atoms with van der Waals surface area (Å²) in [5, 5.41) is 3.45. The number of unbranched alkanes of at least 4 members (excludes halogenated alkanes) is 1. The number of carbonyl (C=O) groups excluding carboxylic acids is 2.